The Balaban J connectivity index is 0.000000631. The molecular formula is C12H24N2O4. The van der Waals surface area contributed by atoms with Crippen LogP contribution in [0.15, 0.2) is 0 Å². The van der Waals surface area contributed by atoms with E-state index < -0.39 is 11.6 Å². The van der Waals surface area contributed by atoms with Crippen LogP contribution in [-0.2, 0) is 9.53 Å². The van der Waals surface area contributed by atoms with Gasteiger partial charge < -0.3 is 20.1 Å². The number of carbonyl (C=O) groups excluding carboxylic acids is 1. The number of piperazine rings is 1. The van der Waals surface area contributed by atoms with Crippen LogP contribution in [0.4, 0.5) is 4.79 Å². The highest BCUT2D eigenvalue weighted by molar-refractivity contribution is 5.68. The molecule has 6 nitrogen and oxygen atoms in total. The summed E-state index contributed by atoms with van der Waals surface area (Å²) in [7, 11) is 0. The van der Waals surface area contributed by atoms with Gasteiger partial charge in [0.25, 0.3) is 5.97 Å². The monoisotopic (exact) mass is 260 g/mol. The lowest BCUT2D eigenvalue weighted by Gasteiger charge is -2.33. The first-order chi connectivity index (χ1) is 8.11. The molecule has 0 aromatic rings. The van der Waals surface area contributed by atoms with Crippen molar-refractivity contribution < 1.29 is 19.4 Å². The summed E-state index contributed by atoms with van der Waals surface area (Å²) in [5, 5.41) is 10.7. The van der Waals surface area contributed by atoms with Gasteiger partial charge in [-0.3, -0.25) is 4.79 Å². The number of carboxylic acids is 1. The fourth-order valence-electron chi connectivity index (χ4n) is 1.42. The highest BCUT2D eigenvalue weighted by Gasteiger charge is 2.25. The van der Waals surface area contributed by atoms with Crippen LogP contribution in [-0.4, -0.2) is 53.3 Å². The number of nitrogens with one attached hydrogen (secondary N) is 1. The number of carboxylic acid groups (broad SMARTS) is 1. The van der Waals surface area contributed by atoms with Gasteiger partial charge in [0, 0.05) is 32.6 Å². The minimum atomic E-state index is -0.833. The zero-order valence-corrected chi connectivity index (χ0v) is 11.8. The number of ether oxygens (including phenoxy) is 1. The maximum absolute atomic E-state index is 11.6. The normalized spacial score (nSPS) is 19.6. The fraction of sp³-hybridized carbons (Fsp3) is 0.833. The van der Waals surface area contributed by atoms with Crippen molar-refractivity contribution in [3.05, 3.63) is 0 Å². The Morgan fingerprint density at radius 1 is 1.39 bits per heavy atom. The zero-order chi connectivity index (χ0) is 14.3. The van der Waals surface area contributed by atoms with E-state index in [9.17, 15) is 4.79 Å². The van der Waals surface area contributed by atoms with Gasteiger partial charge >= 0.3 is 6.09 Å². The molecule has 6 heteroatoms. The van der Waals surface area contributed by atoms with E-state index in [4.69, 9.17) is 14.6 Å². The van der Waals surface area contributed by atoms with Crippen molar-refractivity contribution >= 4 is 12.1 Å². The Morgan fingerprint density at radius 3 is 2.28 bits per heavy atom. The predicted octanol–water partition coefficient (Wildman–Crippen LogP) is 1.31. The Kier molecular flexibility index (Phi) is 6.68. The van der Waals surface area contributed by atoms with E-state index in [0.717, 1.165) is 26.6 Å². The van der Waals surface area contributed by atoms with Crippen LogP contribution < -0.4 is 5.32 Å². The summed E-state index contributed by atoms with van der Waals surface area (Å²) in [6.07, 6.45) is -0.203. The van der Waals surface area contributed by atoms with E-state index >= 15 is 0 Å². The maximum Gasteiger partial charge on any atom is 0.410 e. The van der Waals surface area contributed by atoms with Crippen molar-refractivity contribution in [3.63, 3.8) is 0 Å². The summed E-state index contributed by atoms with van der Waals surface area (Å²) in [5.41, 5.74) is -0.398. The number of carbonyl (C=O) groups is 2. The highest BCUT2D eigenvalue weighted by atomic mass is 16.6. The van der Waals surface area contributed by atoms with Crippen LogP contribution in [0.3, 0.4) is 0 Å². The molecule has 1 fully saturated rings. The molecule has 106 valence electrons. The standard InChI is InChI=1S/C10H20N2O2.C2H4O2/c1-8-7-12(6-5-11-8)9(13)14-10(2,3)4;1-2(3)4/h8,11H,5-7H2,1-4H3;1H3,(H,3,4)/t8-;/m0./s1. The lowest BCUT2D eigenvalue weighted by atomic mass is 10.2. The molecule has 1 saturated heterocycles. The molecule has 1 aliphatic heterocycles. The van der Waals surface area contributed by atoms with E-state index in [1.165, 1.54) is 0 Å². The zero-order valence-electron chi connectivity index (χ0n) is 11.8. The molecule has 0 radical (unpaired) electrons. The molecule has 1 atom stereocenters. The topological polar surface area (TPSA) is 78.9 Å². The second kappa shape index (κ2) is 7.20. The molecule has 1 amide bonds. The molecule has 2 N–H and O–H groups in total. The van der Waals surface area contributed by atoms with E-state index in [1.54, 1.807) is 4.90 Å². The molecule has 18 heavy (non-hydrogen) atoms. The summed E-state index contributed by atoms with van der Waals surface area (Å²) < 4.78 is 5.28. The molecule has 0 aromatic heterocycles. The SMILES string of the molecule is CC(=O)O.C[C@H]1CN(C(=O)OC(C)(C)C)CCN1. The van der Waals surface area contributed by atoms with Gasteiger partial charge in [0.15, 0.2) is 0 Å². The number of aliphatic carboxylic acids is 1. The van der Waals surface area contributed by atoms with Crippen molar-refractivity contribution in [2.75, 3.05) is 19.6 Å². The maximum atomic E-state index is 11.6. The predicted molar refractivity (Wildman–Crippen MR) is 68.6 cm³/mol. The highest BCUT2D eigenvalue weighted by Crippen LogP contribution is 2.11. The second-order valence-electron chi connectivity index (χ2n) is 5.30. The van der Waals surface area contributed by atoms with E-state index in [1.807, 2.05) is 20.8 Å². The number of nitrogens with zero attached hydrogens (tertiary/aromatic N) is 1. The van der Waals surface area contributed by atoms with E-state index in [-0.39, 0.29) is 6.09 Å². The van der Waals surface area contributed by atoms with Gasteiger partial charge in [-0.15, -0.1) is 0 Å². The van der Waals surface area contributed by atoms with Crippen LogP contribution in [0.1, 0.15) is 34.6 Å². The molecule has 0 aromatic carbocycles. The third-order valence-electron chi connectivity index (χ3n) is 2.02. The van der Waals surface area contributed by atoms with Crippen LogP contribution in [0.2, 0.25) is 0 Å². The Bertz CT molecular complexity index is 282. The largest absolute Gasteiger partial charge is 0.481 e. The van der Waals surface area contributed by atoms with Crippen molar-refractivity contribution in [1.29, 1.82) is 0 Å². The minimum absolute atomic E-state index is 0.203. The Hall–Kier alpha value is -1.30. The third kappa shape index (κ3) is 8.81. The number of hydrogen-bond acceptors (Lipinski definition) is 4. The van der Waals surface area contributed by atoms with Gasteiger partial charge in [-0.2, -0.15) is 0 Å². The van der Waals surface area contributed by atoms with Crippen molar-refractivity contribution in [2.24, 2.45) is 0 Å². The summed E-state index contributed by atoms with van der Waals surface area (Å²) in [5.74, 6) is -0.833. The molecule has 0 saturated carbocycles. The number of amides is 1. The van der Waals surface area contributed by atoms with Crippen molar-refractivity contribution in [2.45, 2.75) is 46.3 Å². The molecule has 1 aliphatic rings. The molecule has 0 bridgehead atoms. The van der Waals surface area contributed by atoms with Gasteiger partial charge in [-0.25, -0.2) is 4.79 Å². The summed E-state index contributed by atoms with van der Waals surface area (Å²) in [4.78, 5) is 22.4. The van der Waals surface area contributed by atoms with Gasteiger partial charge in [-0.05, 0) is 27.7 Å². The van der Waals surface area contributed by atoms with Crippen LogP contribution in [0.25, 0.3) is 0 Å². The Morgan fingerprint density at radius 2 is 1.89 bits per heavy atom. The first-order valence-corrected chi connectivity index (χ1v) is 6.02. The average molecular weight is 260 g/mol. The van der Waals surface area contributed by atoms with Crippen LogP contribution in [0, 0.1) is 0 Å². The van der Waals surface area contributed by atoms with Gasteiger partial charge in [0.1, 0.15) is 5.60 Å². The van der Waals surface area contributed by atoms with Gasteiger partial charge in [0.05, 0.1) is 0 Å². The number of hydrogen-bond donors (Lipinski definition) is 2. The minimum Gasteiger partial charge on any atom is -0.481 e. The second-order valence-corrected chi connectivity index (χ2v) is 5.30. The first-order valence-electron chi connectivity index (χ1n) is 6.02. The molecule has 0 aliphatic carbocycles. The number of rotatable bonds is 0. The lowest BCUT2D eigenvalue weighted by molar-refractivity contribution is -0.134. The first kappa shape index (κ1) is 16.7. The molecule has 1 rings (SSSR count). The van der Waals surface area contributed by atoms with Gasteiger partial charge in [0.2, 0.25) is 0 Å². The van der Waals surface area contributed by atoms with Crippen LogP contribution >= 0.6 is 0 Å². The lowest BCUT2D eigenvalue weighted by Crippen LogP contribution is -2.52. The summed E-state index contributed by atoms with van der Waals surface area (Å²) >= 11 is 0. The molecule has 0 unspecified atom stereocenters. The fourth-order valence-corrected chi connectivity index (χ4v) is 1.42. The van der Waals surface area contributed by atoms with Crippen molar-refractivity contribution in [1.82, 2.24) is 10.2 Å². The van der Waals surface area contributed by atoms with E-state index in [0.29, 0.717) is 6.04 Å². The van der Waals surface area contributed by atoms with Crippen molar-refractivity contribution in [3.8, 4) is 0 Å². The quantitative estimate of drug-likeness (QED) is 0.686. The Labute approximate surface area is 108 Å². The third-order valence-corrected chi connectivity index (χ3v) is 2.02. The smallest absolute Gasteiger partial charge is 0.410 e. The van der Waals surface area contributed by atoms with Gasteiger partial charge in [-0.1, -0.05) is 0 Å². The average Bonchev–Trinajstić information content (AvgIpc) is 2.14. The molecule has 1 heterocycles. The summed E-state index contributed by atoms with van der Waals surface area (Å²) in [6, 6.07) is 0.358. The van der Waals surface area contributed by atoms with E-state index in [2.05, 4.69) is 12.2 Å². The molecular weight excluding hydrogens is 236 g/mol. The molecule has 0 spiro atoms. The summed E-state index contributed by atoms with van der Waals surface area (Å²) in [6.45, 7) is 11.1. The van der Waals surface area contributed by atoms with Crippen LogP contribution in [0.5, 0.6) is 0 Å².